The lowest BCUT2D eigenvalue weighted by molar-refractivity contribution is -0.120. The highest BCUT2D eigenvalue weighted by molar-refractivity contribution is 8.00. The van der Waals surface area contributed by atoms with Crippen molar-refractivity contribution >= 4 is 39.9 Å². The Balaban J connectivity index is 1.74. The van der Waals surface area contributed by atoms with Crippen LogP contribution in [0.15, 0.2) is 46.8 Å². The second-order valence-electron chi connectivity index (χ2n) is 5.95. The molecule has 0 unspecified atom stereocenters. The van der Waals surface area contributed by atoms with Gasteiger partial charge in [-0.15, -0.1) is 11.3 Å². The van der Waals surface area contributed by atoms with E-state index in [0.717, 1.165) is 27.2 Å². The Morgan fingerprint density at radius 1 is 1.26 bits per heavy atom. The summed E-state index contributed by atoms with van der Waals surface area (Å²) in [5.74, 6) is 0.715. The van der Waals surface area contributed by atoms with E-state index in [1.54, 1.807) is 11.3 Å². The first kappa shape index (κ1) is 19.8. The molecule has 3 rings (SSSR count). The molecule has 0 aliphatic carbocycles. The third kappa shape index (κ3) is 5.28. The molecule has 0 bridgehead atoms. The first-order chi connectivity index (χ1) is 13.2. The molecule has 0 saturated carbocycles. The summed E-state index contributed by atoms with van der Waals surface area (Å²) in [6.07, 6.45) is 0.815. The zero-order valence-corrected chi connectivity index (χ0v) is 17.1. The molecule has 2 aromatic heterocycles. The molecule has 2 heterocycles. The van der Waals surface area contributed by atoms with Gasteiger partial charge < -0.3 is 10.1 Å². The maximum atomic E-state index is 12.4. The smallest absolute Gasteiger partial charge is 0.233 e. The van der Waals surface area contributed by atoms with Crippen LogP contribution in [0.4, 0.5) is 0 Å². The van der Waals surface area contributed by atoms with Crippen LogP contribution in [0.25, 0.3) is 21.6 Å². The molecular weight excluding hydrogens is 378 g/mol. The average molecular weight is 402 g/mol. The highest BCUT2D eigenvalue weighted by Gasteiger charge is 2.18. The normalized spacial score (nSPS) is 12.2. The molecule has 0 aliphatic rings. The molecule has 0 radical (unpaired) electrons. The number of aromatic nitrogens is 2. The van der Waals surface area contributed by atoms with Crippen molar-refractivity contribution in [1.82, 2.24) is 15.3 Å². The lowest BCUT2D eigenvalue weighted by atomic mass is 10.2. The molecule has 0 aliphatic heterocycles. The van der Waals surface area contributed by atoms with E-state index in [1.807, 2.05) is 55.6 Å². The maximum Gasteiger partial charge on any atom is 0.233 e. The van der Waals surface area contributed by atoms with Crippen LogP contribution in [0, 0.1) is 0 Å². The van der Waals surface area contributed by atoms with Crippen molar-refractivity contribution < 1.29 is 9.53 Å². The number of fused-ring (bicyclic) bond motifs is 1. The fourth-order valence-electron chi connectivity index (χ4n) is 2.55. The monoisotopic (exact) mass is 401 g/mol. The fourth-order valence-corrected chi connectivity index (χ4v) is 4.17. The molecule has 1 atom stereocenters. The van der Waals surface area contributed by atoms with E-state index in [-0.39, 0.29) is 11.2 Å². The van der Waals surface area contributed by atoms with Crippen LogP contribution in [-0.4, -0.2) is 40.9 Å². The van der Waals surface area contributed by atoms with E-state index in [2.05, 4.69) is 10.3 Å². The highest BCUT2D eigenvalue weighted by Crippen LogP contribution is 2.32. The summed E-state index contributed by atoms with van der Waals surface area (Å²) in [4.78, 5) is 22.9. The quantitative estimate of drug-likeness (QED) is 0.327. The van der Waals surface area contributed by atoms with Crippen molar-refractivity contribution in [1.29, 1.82) is 0 Å². The van der Waals surface area contributed by atoms with Gasteiger partial charge in [0.1, 0.15) is 5.03 Å². The minimum Gasteiger partial charge on any atom is -0.382 e. The van der Waals surface area contributed by atoms with Gasteiger partial charge in [-0.1, -0.05) is 36.0 Å². The molecule has 142 valence electrons. The molecule has 0 spiro atoms. The van der Waals surface area contributed by atoms with Crippen LogP contribution >= 0.6 is 23.1 Å². The predicted molar refractivity (Wildman–Crippen MR) is 112 cm³/mol. The molecular formula is C20H23N3O2S2. The molecule has 0 saturated heterocycles. The minimum atomic E-state index is -0.244. The molecule has 1 amide bonds. The van der Waals surface area contributed by atoms with Crippen molar-refractivity contribution in [3.05, 3.63) is 41.8 Å². The number of ether oxygens (including phenoxy) is 1. The summed E-state index contributed by atoms with van der Waals surface area (Å²) in [6, 6.07) is 11.9. The third-order valence-corrected chi connectivity index (χ3v) is 5.90. The van der Waals surface area contributed by atoms with Gasteiger partial charge in [0.25, 0.3) is 0 Å². The number of benzene rings is 1. The number of amides is 1. The van der Waals surface area contributed by atoms with Crippen molar-refractivity contribution in [2.45, 2.75) is 30.5 Å². The topological polar surface area (TPSA) is 64.1 Å². The van der Waals surface area contributed by atoms with Crippen LogP contribution in [0.2, 0.25) is 0 Å². The Hall–Kier alpha value is -1.96. The van der Waals surface area contributed by atoms with Crippen molar-refractivity contribution in [2.75, 3.05) is 19.8 Å². The number of thiophene rings is 1. The predicted octanol–water partition coefficient (Wildman–Crippen LogP) is 4.38. The number of rotatable bonds is 9. The second kappa shape index (κ2) is 9.82. The van der Waals surface area contributed by atoms with Crippen LogP contribution in [-0.2, 0) is 9.53 Å². The number of carbonyl (C=O) groups excluding carboxylic acids is 1. The molecule has 1 aromatic carbocycles. The Kier molecular flexibility index (Phi) is 7.20. The van der Waals surface area contributed by atoms with Crippen LogP contribution in [0.5, 0.6) is 0 Å². The van der Waals surface area contributed by atoms with Crippen LogP contribution < -0.4 is 5.32 Å². The number of carbonyl (C=O) groups is 1. The second-order valence-corrected chi connectivity index (χ2v) is 8.23. The average Bonchev–Trinajstić information content (AvgIpc) is 3.22. The van der Waals surface area contributed by atoms with E-state index in [0.29, 0.717) is 25.6 Å². The van der Waals surface area contributed by atoms with E-state index < -0.39 is 0 Å². The van der Waals surface area contributed by atoms with Gasteiger partial charge in [0.15, 0.2) is 5.82 Å². The largest absolute Gasteiger partial charge is 0.382 e. The number of hydrogen-bond acceptors (Lipinski definition) is 6. The lowest BCUT2D eigenvalue weighted by Gasteiger charge is -2.13. The van der Waals surface area contributed by atoms with E-state index >= 15 is 0 Å². The minimum absolute atomic E-state index is 0.0110. The molecule has 1 N–H and O–H groups in total. The first-order valence-electron chi connectivity index (χ1n) is 9.01. The van der Waals surface area contributed by atoms with Gasteiger partial charge in [-0.05, 0) is 37.8 Å². The SMILES string of the molecule is CCOCCCNC(=O)[C@H](C)Sc1nc(-c2cccs2)nc2ccccc12. The number of para-hydroxylation sites is 1. The maximum absolute atomic E-state index is 12.4. The molecule has 7 heteroatoms. The molecule has 5 nitrogen and oxygen atoms in total. The van der Waals surface area contributed by atoms with Gasteiger partial charge >= 0.3 is 0 Å². The van der Waals surface area contributed by atoms with E-state index in [4.69, 9.17) is 9.72 Å². The fraction of sp³-hybridized carbons (Fsp3) is 0.350. The summed E-state index contributed by atoms with van der Waals surface area (Å²) in [5.41, 5.74) is 0.891. The number of thioether (sulfide) groups is 1. The van der Waals surface area contributed by atoms with Gasteiger partial charge in [-0.3, -0.25) is 4.79 Å². The van der Waals surface area contributed by atoms with Crippen LogP contribution in [0.3, 0.4) is 0 Å². The van der Waals surface area contributed by atoms with E-state index in [1.165, 1.54) is 11.8 Å². The van der Waals surface area contributed by atoms with Crippen LogP contribution in [0.1, 0.15) is 20.3 Å². The summed E-state index contributed by atoms with van der Waals surface area (Å²) < 4.78 is 5.30. The Morgan fingerprint density at radius 3 is 2.89 bits per heavy atom. The zero-order valence-electron chi connectivity index (χ0n) is 15.5. The number of nitrogens with zero attached hydrogens (tertiary/aromatic N) is 2. The highest BCUT2D eigenvalue weighted by atomic mass is 32.2. The zero-order chi connectivity index (χ0) is 19.1. The van der Waals surface area contributed by atoms with Crippen molar-refractivity contribution in [3.8, 4) is 10.7 Å². The number of hydrogen-bond donors (Lipinski definition) is 1. The van der Waals surface area contributed by atoms with Gasteiger partial charge in [0.05, 0.1) is 15.6 Å². The third-order valence-electron chi connectivity index (χ3n) is 3.94. The molecule has 0 fully saturated rings. The summed E-state index contributed by atoms with van der Waals surface area (Å²) >= 11 is 3.08. The summed E-state index contributed by atoms with van der Waals surface area (Å²) in [5, 5.41) is 6.55. The van der Waals surface area contributed by atoms with Crippen molar-refractivity contribution in [2.24, 2.45) is 0 Å². The van der Waals surface area contributed by atoms with Gasteiger partial charge in [-0.2, -0.15) is 0 Å². The Morgan fingerprint density at radius 2 is 2.11 bits per heavy atom. The number of nitrogens with one attached hydrogen (secondary N) is 1. The standard InChI is InChI=1S/C20H23N3O2S2/c1-3-25-12-7-11-21-19(24)14(2)27-20-15-8-4-5-9-16(15)22-18(23-20)17-10-6-13-26-17/h4-6,8-10,13-14H,3,7,11-12H2,1-2H3,(H,21,24)/t14-/m0/s1. The lowest BCUT2D eigenvalue weighted by Crippen LogP contribution is -2.32. The first-order valence-corrected chi connectivity index (χ1v) is 10.8. The Labute approximate surface area is 167 Å². The molecule has 3 aromatic rings. The van der Waals surface area contributed by atoms with Gasteiger partial charge in [-0.25, -0.2) is 9.97 Å². The Bertz CT molecular complexity index is 884. The molecule has 27 heavy (non-hydrogen) atoms. The van der Waals surface area contributed by atoms with Gasteiger partial charge in [0.2, 0.25) is 5.91 Å². The van der Waals surface area contributed by atoms with Crippen molar-refractivity contribution in [3.63, 3.8) is 0 Å². The summed E-state index contributed by atoms with van der Waals surface area (Å²) in [6.45, 7) is 5.86. The van der Waals surface area contributed by atoms with Gasteiger partial charge in [0, 0.05) is 25.1 Å². The van der Waals surface area contributed by atoms with E-state index in [9.17, 15) is 4.79 Å². The summed E-state index contributed by atoms with van der Waals surface area (Å²) in [7, 11) is 0.